The molecule has 1 unspecified atom stereocenters. The summed E-state index contributed by atoms with van der Waals surface area (Å²) in [4.78, 5) is 2.42. The smallest absolute Gasteiger partial charge is 0.131 e. The maximum Gasteiger partial charge on any atom is 0.131 e. The van der Waals surface area contributed by atoms with Crippen molar-refractivity contribution in [2.75, 3.05) is 31.1 Å². The number of rotatable bonds is 4. The maximum absolute atomic E-state index is 5.74. The van der Waals surface area contributed by atoms with Gasteiger partial charge in [-0.2, -0.15) is 5.10 Å². The van der Waals surface area contributed by atoms with Gasteiger partial charge in [0.2, 0.25) is 0 Å². The van der Waals surface area contributed by atoms with Crippen LogP contribution >= 0.6 is 0 Å². The third-order valence-electron chi connectivity index (χ3n) is 3.62. The molecule has 1 aliphatic rings. The second-order valence-electron chi connectivity index (χ2n) is 5.27. The van der Waals surface area contributed by atoms with E-state index in [2.05, 4.69) is 36.1 Å². The van der Waals surface area contributed by atoms with Gasteiger partial charge in [-0.05, 0) is 26.8 Å². The third kappa shape index (κ3) is 3.28. The van der Waals surface area contributed by atoms with E-state index < -0.39 is 0 Å². The molecule has 1 aromatic heterocycles. The minimum atomic E-state index is 0.282. The van der Waals surface area contributed by atoms with Crippen LogP contribution in [0.2, 0.25) is 0 Å². The van der Waals surface area contributed by atoms with E-state index in [1.165, 1.54) is 11.4 Å². The number of anilines is 1. The summed E-state index contributed by atoms with van der Waals surface area (Å²) < 4.78 is 7.75. The van der Waals surface area contributed by atoms with E-state index in [4.69, 9.17) is 4.74 Å². The van der Waals surface area contributed by atoms with E-state index in [0.717, 1.165) is 44.9 Å². The van der Waals surface area contributed by atoms with Crippen LogP contribution in [0.5, 0.6) is 0 Å². The number of hydrogen-bond donors (Lipinski definition) is 1. The van der Waals surface area contributed by atoms with Crippen molar-refractivity contribution in [1.29, 1.82) is 0 Å². The van der Waals surface area contributed by atoms with E-state index >= 15 is 0 Å². The highest BCUT2D eigenvalue weighted by atomic mass is 16.5. The average Bonchev–Trinajstić information content (AvgIpc) is 2.52. The molecule has 0 saturated carbocycles. The highest BCUT2D eigenvalue weighted by Gasteiger charge is 2.22. The summed E-state index contributed by atoms with van der Waals surface area (Å²) in [5.74, 6) is 1.25. The molecule has 1 atom stereocenters. The largest absolute Gasteiger partial charge is 0.377 e. The van der Waals surface area contributed by atoms with E-state index in [-0.39, 0.29) is 6.10 Å². The van der Waals surface area contributed by atoms with Crippen LogP contribution in [0.25, 0.3) is 0 Å². The van der Waals surface area contributed by atoms with Crippen molar-refractivity contribution in [3.8, 4) is 0 Å². The van der Waals surface area contributed by atoms with Gasteiger partial charge in [0.15, 0.2) is 0 Å². The molecule has 1 aromatic rings. The molecule has 1 aliphatic heterocycles. The van der Waals surface area contributed by atoms with Gasteiger partial charge in [0.1, 0.15) is 5.82 Å². The summed E-state index contributed by atoms with van der Waals surface area (Å²) in [5, 5.41) is 8.00. The Balaban J connectivity index is 2.25. The highest BCUT2D eigenvalue weighted by molar-refractivity contribution is 5.50. The molecule has 0 aromatic carbocycles. The van der Waals surface area contributed by atoms with Crippen molar-refractivity contribution in [3.05, 3.63) is 11.3 Å². The fourth-order valence-electron chi connectivity index (χ4n) is 2.73. The number of hydrogen-bond acceptors (Lipinski definition) is 4. The van der Waals surface area contributed by atoms with Gasteiger partial charge < -0.3 is 15.0 Å². The Hall–Kier alpha value is -1.07. The Morgan fingerprint density at radius 1 is 1.47 bits per heavy atom. The Morgan fingerprint density at radius 2 is 2.26 bits per heavy atom. The van der Waals surface area contributed by atoms with Crippen molar-refractivity contribution in [2.24, 2.45) is 7.05 Å². The predicted octanol–water partition coefficient (Wildman–Crippen LogP) is 1.45. The summed E-state index contributed by atoms with van der Waals surface area (Å²) in [7, 11) is 2.04. The van der Waals surface area contributed by atoms with Gasteiger partial charge in [0.25, 0.3) is 0 Å². The second kappa shape index (κ2) is 6.39. The Morgan fingerprint density at radius 3 is 3.00 bits per heavy atom. The Kier molecular flexibility index (Phi) is 4.82. The molecule has 0 aliphatic carbocycles. The molecule has 5 heteroatoms. The van der Waals surface area contributed by atoms with Crippen molar-refractivity contribution in [2.45, 2.75) is 39.8 Å². The van der Waals surface area contributed by atoms with Crippen LogP contribution in [0, 0.1) is 6.92 Å². The van der Waals surface area contributed by atoms with Crippen molar-refractivity contribution >= 4 is 5.82 Å². The van der Waals surface area contributed by atoms with Gasteiger partial charge in [-0.15, -0.1) is 0 Å². The molecular weight excluding hydrogens is 240 g/mol. The molecule has 1 saturated heterocycles. The first-order valence-electron chi connectivity index (χ1n) is 7.23. The van der Waals surface area contributed by atoms with Gasteiger partial charge >= 0.3 is 0 Å². The van der Waals surface area contributed by atoms with Gasteiger partial charge in [-0.3, -0.25) is 4.68 Å². The van der Waals surface area contributed by atoms with Gasteiger partial charge in [-0.1, -0.05) is 6.92 Å². The number of aryl methyl sites for hydroxylation is 2. The summed E-state index contributed by atoms with van der Waals surface area (Å²) in [5.41, 5.74) is 2.44. The number of nitrogens with zero attached hydrogens (tertiary/aromatic N) is 3. The lowest BCUT2D eigenvalue weighted by atomic mass is 10.2. The van der Waals surface area contributed by atoms with E-state index in [0.29, 0.717) is 0 Å². The lowest BCUT2D eigenvalue weighted by Gasteiger charge is -2.25. The van der Waals surface area contributed by atoms with Crippen molar-refractivity contribution in [3.63, 3.8) is 0 Å². The number of ether oxygens (including phenoxy) is 1. The highest BCUT2D eigenvalue weighted by Crippen LogP contribution is 2.25. The fourth-order valence-corrected chi connectivity index (χ4v) is 2.73. The molecule has 0 amide bonds. The van der Waals surface area contributed by atoms with E-state index in [9.17, 15) is 0 Å². The molecule has 0 bridgehead atoms. The van der Waals surface area contributed by atoms with Crippen molar-refractivity contribution < 1.29 is 4.74 Å². The molecule has 2 heterocycles. The molecule has 108 valence electrons. The van der Waals surface area contributed by atoms with Gasteiger partial charge in [-0.25, -0.2) is 0 Å². The quantitative estimate of drug-likeness (QED) is 0.896. The topological polar surface area (TPSA) is 42.3 Å². The predicted molar refractivity (Wildman–Crippen MR) is 77.6 cm³/mol. The van der Waals surface area contributed by atoms with E-state index in [1.807, 2.05) is 11.7 Å². The Bertz CT molecular complexity index is 416. The SMILES string of the molecule is CCNCc1c(C)nn(C)c1N1CCCOC(C)C1. The zero-order valence-electron chi connectivity index (χ0n) is 12.6. The summed E-state index contributed by atoms with van der Waals surface area (Å²) in [6.07, 6.45) is 1.36. The number of nitrogens with one attached hydrogen (secondary N) is 1. The lowest BCUT2D eigenvalue weighted by Crippen LogP contribution is -2.32. The molecule has 1 fully saturated rings. The maximum atomic E-state index is 5.74. The summed E-state index contributed by atoms with van der Waals surface area (Å²) in [6.45, 7) is 11.1. The van der Waals surface area contributed by atoms with Crippen LogP contribution in [-0.4, -0.2) is 42.1 Å². The van der Waals surface area contributed by atoms with Crippen LogP contribution < -0.4 is 10.2 Å². The summed E-state index contributed by atoms with van der Waals surface area (Å²) >= 11 is 0. The zero-order chi connectivity index (χ0) is 13.8. The monoisotopic (exact) mass is 266 g/mol. The third-order valence-corrected chi connectivity index (χ3v) is 3.62. The second-order valence-corrected chi connectivity index (χ2v) is 5.27. The van der Waals surface area contributed by atoms with Crippen LogP contribution in [0.4, 0.5) is 5.82 Å². The average molecular weight is 266 g/mol. The molecule has 1 N–H and O–H groups in total. The molecule has 0 spiro atoms. The van der Waals surface area contributed by atoms with Gasteiger partial charge in [0.05, 0.1) is 11.8 Å². The minimum Gasteiger partial charge on any atom is -0.377 e. The first-order chi connectivity index (χ1) is 9.13. The van der Waals surface area contributed by atoms with Gasteiger partial charge in [0, 0.05) is 38.9 Å². The molecule has 19 heavy (non-hydrogen) atoms. The van der Waals surface area contributed by atoms with Crippen LogP contribution in [0.1, 0.15) is 31.5 Å². The minimum absolute atomic E-state index is 0.282. The summed E-state index contributed by atoms with van der Waals surface area (Å²) in [6, 6.07) is 0. The first-order valence-corrected chi connectivity index (χ1v) is 7.23. The van der Waals surface area contributed by atoms with Crippen LogP contribution in [0.3, 0.4) is 0 Å². The molecule has 2 rings (SSSR count). The standard InChI is InChI=1S/C14H26N4O/c1-5-15-9-13-12(3)16-17(4)14(13)18-7-6-8-19-11(2)10-18/h11,15H,5-10H2,1-4H3. The molecular formula is C14H26N4O. The lowest BCUT2D eigenvalue weighted by molar-refractivity contribution is 0.0820. The molecule has 5 nitrogen and oxygen atoms in total. The van der Waals surface area contributed by atoms with Crippen molar-refractivity contribution in [1.82, 2.24) is 15.1 Å². The Labute approximate surface area is 115 Å². The zero-order valence-corrected chi connectivity index (χ0v) is 12.6. The first kappa shape index (κ1) is 14.3. The fraction of sp³-hybridized carbons (Fsp3) is 0.786. The number of aromatic nitrogens is 2. The van der Waals surface area contributed by atoms with Crippen LogP contribution in [-0.2, 0) is 18.3 Å². The van der Waals surface area contributed by atoms with E-state index in [1.54, 1.807) is 0 Å². The normalized spacial score (nSPS) is 20.6. The van der Waals surface area contributed by atoms with Crippen LogP contribution in [0.15, 0.2) is 0 Å². The molecule has 0 radical (unpaired) electrons.